The van der Waals surface area contributed by atoms with Crippen molar-refractivity contribution in [2.45, 2.75) is 44.6 Å². The lowest BCUT2D eigenvalue weighted by atomic mass is 9.79. The zero-order valence-corrected chi connectivity index (χ0v) is 12.9. The normalized spacial score (nSPS) is 29.6. The van der Waals surface area contributed by atoms with Gasteiger partial charge < -0.3 is 19.7 Å². The standard InChI is InChI=1S/C16H28N2O3/c19-15(14-4-3-9-21-14)17-12-16(5-10-20-11-6-16)13-18-7-1-2-8-18/h14H,1-13H2,(H,17,19). The molecule has 5 heteroatoms. The lowest BCUT2D eigenvalue weighted by Gasteiger charge is -2.40. The number of nitrogens with zero attached hydrogens (tertiary/aromatic N) is 1. The number of carbonyl (C=O) groups excluding carboxylic acids is 1. The first-order chi connectivity index (χ1) is 10.3. The lowest BCUT2D eigenvalue weighted by Crippen LogP contribution is -2.49. The summed E-state index contributed by atoms with van der Waals surface area (Å²) in [5.41, 5.74) is 0.191. The van der Waals surface area contributed by atoms with Gasteiger partial charge in [0.2, 0.25) is 5.91 Å². The average Bonchev–Trinajstić information content (AvgIpc) is 3.19. The van der Waals surface area contributed by atoms with Crippen molar-refractivity contribution in [1.29, 1.82) is 0 Å². The highest BCUT2D eigenvalue weighted by atomic mass is 16.5. The maximum absolute atomic E-state index is 12.2. The average molecular weight is 296 g/mol. The molecule has 3 fully saturated rings. The molecule has 1 unspecified atom stereocenters. The Hall–Kier alpha value is -0.650. The Labute approximate surface area is 127 Å². The van der Waals surface area contributed by atoms with Gasteiger partial charge >= 0.3 is 0 Å². The molecule has 3 aliphatic heterocycles. The third kappa shape index (κ3) is 3.96. The molecule has 3 heterocycles. The number of hydrogen-bond acceptors (Lipinski definition) is 4. The summed E-state index contributed by atoms with van der Waals surface area (Å²) < 4.78 is 11.0. The predicted molar refractivity (Wildman–Crippen MR) is 80.1 cm³/mol. The van der Waals surface area contributed by atoms with Crippen molar-refractivity contribution in [2.75, 3.05) is 46.0 Å². The second-order valence-corrected chi connectivity index (χ2v) is 6.82. The summed E-state index contributed by atoms with van der Waals surface area (Å²) in [6, 6.07) is 0. The van der Waals surface area contributed by atoms with Gasteiger partial charge in [-0.1, -0.05) is 0 Å². The first-order valence-corrected chi connectivity index (χ1v) is 8.47. The highest BCUT2D eigenvalue weighted by Crippen LogP contribution is 2.32. The van der Waals surface area contributed by atoms with Crippen LogP contribution in [0.4, 0.5) is 0 Å². The molecule has 120 valence electrons. The fraction of sp³-hybridized carbons (Fsp3) is 0.938. The number of likely N-dealkylation sites (tertiary alicyclic amines) is 1. The van der Waals surface area contributed by atoms with Crippen molar-refractivity contribution in [1.82, 2.24) is 10.2 Å². The third-order valence-electron chi connectivity index (χ3n) is 5.17. The van der Waals surface area contributed by atoms with Gasteiger partial charge in [-0.05, 0) is 51.6 Å². The van der Waals surface area contributed by atoms with E-state index >= 15 is 0 Å². The summed E-state index contributed by atoms with van der Waals surface area (Å²) in [6.45, 7) is 6.66. The van der Waals surface area contributed by atoms with Crippen molar-refractivity contribution < 1.29 is 14.3 Å². The van der Waals surface area contributed by atoms with Crippen LogP contribution >= 0.6 is 0 Å². The molecule has 3 rings (SSSR count). The Balaban J connectivity index is 1.54. The Morgan fingerprint density at radius 2 is 1.90 bits per heavy atom. The third-order valence-corrected chi connectivity index (χ3v) is 5.17. The Kier molecular flexibility index (Phi) is 5.14. The quantitative estimate of drug-likeness (QED) is 0.827. The molecule has 1 amide bonds. The molecule has 0 aliphatic carbocycles. The second kappa shape index (κ2) is 7.07. The Morgan fingerprint density at radius 1 is 1.14 bits per heavy atom. The molecular formula is C16H28N2O3. The molecule has 1 N–H and O–H groups in total. The molecule has 0 saturated carbocycles. The van der Waals surface area contributed by atoms with Crippen LogP contribution in [0.25, 0.3) is 0 Å². The van der Waals surface area contributed by atoms with Crippen molar-refractivity contribution >= 4 is 5.91 Å². The van der Waals surface area contributed by atoms with E-state index in [0.717, 1.165) is 58.6 Å². The van der Waals surface area contributed by atoms with Crippen LogP contribution in [0.3, 0.4) is 0 Å². The van der Waals surface area contributed by atoms with Crippen molar-refractivity contribution in [3.05, 3.63) is 0 Å². The van der Waals surface area contributed by atoms with Crippen molar-refractivity contribution in [3.8, 4) is 0 Å². The van der Waals surface area contributed by atoms with Crippen LogP contribution in [0.15, 0.2) is 0 Å². The number of ether oxygens (including phenoxy) is 2. The summed E-state index contributed by atoms with van der Waals surface area (Å²) in [7, 11) is 0. The minimum atomic E-state index is -0.214. The van der Waals surface area contributed by atoms with E-state index in [-0.39, 0.29) is 17.4 Å². The largest absolute Gasteiger partial charge is 0.381 e. The molecular weight excluding hydrogens is 268 g/mol. The van der Waals surface area contributed by atoms with Gasteiger partial charge in [-0.2, -0.15) is 0 Å². The minimum absolute atomic E-state index is 0.0831. The Bertz CT molecular complexity index is 343. The molecule has 0 bridgehead atoms. The van der Waals surface area contributed by atoms with Gasteiger partial charge in [0.15, 0.2) is 0 Å². The maximum Gasteiger partial charge on any atom is 0.249 e. The summed E-state index contributed by atoms with van der Waals surface area (Å²) in [5.74, 6) is 0.0831. The van der Waals surface area contributed by atoms with Crippen LogP contribution in [0.5, 0.6) is 0 Å². The van der Waals surface area contributed by atoms with E-state index in [9.17, 15) is 4.79 Å². The van der Waals surface area contributed by atoms with Crippen LogP contribution in [-0.2, 0) is 14.3 Å². The van der Waals surface area contributed by atoms with Gasteiger partial charge in [-0.25, -0.2) is 0 Å². The van der Waals surface area contributed by atoms with E-state index in [1.165, 1.54) is 25.9 Å². The summed E-state index contributed by atoms with van der Waals surface area (Å²) in [4.78, 5) is 14.7. The molecule has 0 radical (unpaired) electrons. The molecule has 3 aliphatic rings. The van der Waals surface area contributed by atoms with Crippen LogP contribution in [-0.4, -0.2) is 62.9 Å². The predicted octanol–water partition coefficient (Wildman–Crippen LogP) is 1.17. The van der Waals surface area contributed by atoms with Gasteiger partial charge in [0.25, 0.3) is 0 Å². The molecule has 0 spiro atoms. The maximum atomic E-state index is 12.2. The summed E-state index contributed by atoms with van der Waals surface area (Å²) in [6.07, 6.45) is 6.39. The zero-order valence-electron chi connectivity index (χ0n) is 12.9. The van der Waals surface area contributed by atoms with E-state index in [2.05, 4.69) is 10.2 Å². The molecule has 5 nitrogen and oxygen atoms in total. The van der Waals surface area contributed by atoms with E-state index in [4.69, 9.17) is 9.47 Å². The lowest BCUT2D eigenvalue weighted by molar-refractivity contribution is -0.131. The van der Waals surface area contributed by atoms with Gasteiger partial charge in [0.05, 0.1) is 0 Å². The first-order valence-electron chi connectivity index (χ1n) is 8.47. The Morgan fingerprint density at radius 3 is 2.57 bits per heavy atom. The van der Waals surface area contributed by atoms with Crippen LogP contribution in [0.2, 0.25) is 0 Å². The van der Waals surface area contributed by atoms with Crippen molar-refractivity contribution in [2.24, 2.45) is 5.41 Å². The highest BCUT2D eigenvalue weighted by molar-refractivity contribution is 5.81. The minimum Gasteiger partial charge on any atom is -0.381 e. The first kappa shape index (κ1) is 15.3. The zero-order chi connectivity index (χ0) is 14.5. The number of amides is 1. The van der Waals surface area contributed by atoms with E-state index < -0.39 is 0 Å². The monoisotopic (exact) mass is 296 g/mol. The van der Waals surface area contributed by atoms with Gasteiger partial charge in [0.1, 0.15) is 6.10 Å². The van der Waals surface area contributed by atoms with Gasteiger partial charge in [-0.15, -0.1) is 0 Å². The number of nitrogens with one attached hydrogen (secondary N) is 1. The molecule has 21 heavy (non-hydrogen) atoms. The fourth-order valence-corrected chi connectivity index (χ4v) is 3.78. The van der Waals surface area contributed by atoms with Crippen LogP contribution in [0, 0.1) is 5.41 Å². The van der Waals surface area contributed by atoms with Gasteiger partial charge in [0, 0.05) is 38.3 Å². The van der Waals surface area contributed by atoms with Crippen LogP contribution < -0.4 is 5.32 Å². The smallest absolute Gasteiger partial charge is 0.249 e. The summed E-state index contributed by atoms with van der Waals surface area (Å²) >= 11 is 0. The number of hydrogen-bond donors (Lipinski definition) is 1. The molecule has 3 saturated heterocycles. The SMILES string of the molecule is O=C(NCC1(CN2CCCC2)CCOCC1)C1CCCO1. The molecule has 0 aromatic rings. The molecule has 0 aromatic heterocycles. The van der Waals surface area contributed by atoms with Gasteiger partial charge in [-0.3, -0.25) is 4.79 Å². The van der Waals surface area contributed by atoms with Crippen LogP contribution in [0.1, 0.15) is 38.5 Å². The topological polar surface area (TPSA) is 50.8 Å². The second-order valence-electron chi connectivity index (χ2n) is 6.82. The fourth-order valence-electron chi connectivity index (χ4n) is 3.78. The van der Waals surface area contributed by atoms with E-state index in [1.54, 1.807) is 0 Å². The summed E-state index contributed by atoms with van der Waals surface area (Å²) in [5, 5.41) is 3.16. The van der Waals surface area contributed by atoms with E-state index in [0.29, 0.717) is 0 Å². The number of carbonyl (C=O) groups is 1. The highest BCUT2D eigenvalue weighted by Gasteiger charge is 2.36. The number of rotatable bonds is 5. The molecule has 0 aromatic carbocycles. The van der Waals surface area contributed by atoms with Crippen molar-refractivity contribution in [3.63, 3.8) is 0 Å². The van der Waals surface area contributed by atoms with E-state index in [1.807, 2.05) is 0 Å². The molecule has 1 atom stereocenters.